The van der Waals surface area contributed by atoms with Crippen molar-refractivity contribution in [2.75, 3.05) is 0 Å². The molecule has 0 fully saturated rings. The van der Waals surface area contributed by atoms with Crippen molar-refractivity contribution in [3.63, 3.8) is 0 Å². The van der Waals surface area contributed by atoms with E-state index in [0.717, 1.165) is 12.0 Å². The minimum Gasteiger partial charge on any atom is -0.392 e. The lowest BCUT2D eigenvalue weighted by Gasteiger charge is -2.12. The first-order valence-electron chi connectivity index (χ1n) is 8.11. The standard InChI is InChI=1S/C22H22O/c1-3-18-14-21(19-8-4-16(2)5-9-19)12-13-22(18)20-10-6-17(15-23)7-11-20/h4-14,23H,3,15H2,1-2H3. The van der Waals surface area contributed by atoms with E-state index in [4.69, 9.17) is 0 Å². The molecule has 23 heavy (non-hydrogen) atoms. The van der Waals surface area contributed by atoms with E-state index < -0.39 is 0 Å². The van der Waals surface area contributed by atoms with Gasteiger partial charge < -0.3 is 5.11 Å². The topological polar surface area (TPSA) is 20.2 Å². The van der Waals surface area contributed by atoms with Crippen molar-refractivity contribution in [3.8, 4) is 22.3 Å². The predicted octanol–water partition coefficient (Wildman–Crippen LogP) is 5.38. The van der Waals surface area contributed by atoms with Gasteiger partial charge in [-0.05, 0) is 46.7 Å². The predicted molar refractivity (Wildman–Crippen MR) is 97.4 cm³/mol. The number of hydrogen-bond acceptors (Lipinski definition) is 1. The van der Waals surface area contributed by atoms with Gasteiger partial charge in [0.05, 0.1) is 6.61 Å². The van der Waals surface area contributed by atoms with Gasteiger partial charge in [0.15, 0.2) is 0 Å². The fraction of sp³-hybridized carbons (Fsp3) is 0.182. The summed E-state index contributed by atoms with van der Waals surface area (Å²) >= 11 is 0. The highest BCUT2D eigenvalue weighted by molar-refractivity contribution is 5.74. The van der Waals surface area contributed by atoms with Gasteiger partial charge in [0, 0.05) is 0 Å². The minimum absolute atomic E-state index is 0.0906. The molecule has 0 saturated heterocycles. The van der Waals surface area contributed by atoms with Crippen LogP contribution < -0.4 is 0 Å². The normalized spacial score (nSPS) is 10.7. The molecular weight excluding hydrogens is 280 g/mol. The summed E-state index contributed by atoms with van der Waals surface area (Å²) < 4.78 is 0. The highest BCUT2D eigenvalue weighted by atomic mass is 16.3. The van der Waals surface area contributed by atoms with Gasteiger partial charge in [0.2, 0.25) is 0 Å². The molecule has 1 nitrogen and oxygen atoms in total. The third-order valence-electron chi connectivity index (χ3n) is 4.32. The van der Waals surface area contributed by atoms with Gasteiger partial charge in [0.25, 0.3) is 0 Å². The maximum absolute atomic E-state index is 9.18. The molecule has 0 radical (unpaired) electrons. The monoisotopic (exact) mass is 302 g/mol. The van der Waals surface area contributed by atoms with Crippen LogP contribution in [0, 0.1) is 6.92 Å². The van der Waals surface area contributed by atoms with E-state index in [1.807, 2.05) is 12.1 Å². The van der Waals surface area contributed by atoms with Crippen molar-refractivity contribution in [1.29, 1.82) is 0 Å². The fourth-order valence-electron chi connectivity index (χ4n) is 2.88. The molecule has 116 valence electrons. The number of benzene rings is 3. The Bertz CT molecular complexity index is 783. The molecule has 0 aliphatic rings. The molecule has 3 rings (SSSR count). The number of hydrogen-bond donors (Lipinski definition) is 1. The Labute approximate surface area is 138 Å². The highest BCUT2D eigenvalue weighted by Gasteiger charge is 2.07. The van der Waals surface area contributed by atoms with Crippen LogP contribution in [0.5, 0.6) is 0 Å². The molecule has 1 N–H and O–H groups in total. The summed E-state index contributed by atoms with van der Waals surface area (Å²) in [5.74, 6) is 0. The van der Waals surface area contributed by atoms with Gasteiger partial charge in [-0.1, -0.05) is 79.2 Å². The van der Waals surface area contributed by atoms with E-state index in [2.05, 4.69) is 68.4 Å². The fourth-order valence-corrected chi connectivity index (χ4v) is 2.88. The first-order chi connectivity index (χ1) is 11.2. The SMILES string of the molecule is CCc1cc(-c2ccc(C)cc2)ccc1-c1ccc(CO)cc1. The highest BCUT2D eigenvalue weighted by Crippen LogP contribution is 2.29. The molecule has 0 aliphatic carbocycles. The van der Waals surface area contributed by atoms with Crippen LogP contribution in [0.25, 0.3) is 22.3 Å². The summed E-state index contributed by atoms with van der Waals surface area (Å²) in [5, 5.41) is 9.18. The van der Waals surface area contributed by atoms with E-state index >= 15 is 0 Å². The molecule has 1 heteroatoms. The minimum atomic E-state index is 0.0906. The Morgan fingerprint density at radius 3 is 1.96 bits per heavy atom. The first-order valence-corrected chi connectivity index (χ1v) is 8.11. The Hall–Kier alpha value is -2.38. The zero-order valence-corrected chi connectivity index (χ0v) is 13.7. The van der Waals surface area contributed by atoms with Gasteiger partial charge >= 0.3 is 0 Å². The molecule has 0 spiro atoms. The smallest absolute Gasteiger partial charge is 0.0681 e. The Kier molecular flexibility index (Phi) is 4.59. The third kappa shape index (κ3) is 3.35. The summed E-state index contributed by atoms with van der Waals surface area (Å²) in [7, 11) is 0. The summed E-state index contributed by atoms with van der Waals surface area (Å²) in [6.07, 6.45) is 0.997. The molecule has 0 atom stereocenters. The number of rotatable bonds is 4. The van der Waals surface area contributed by atoms with Crippen molar-refractivity contribution >= 4 is 0 Å². The van der Waals surface area contributed by atoms with Crippen molar-refractivity contribution < 1.29 is 5.11 Å². The average Bonchev–Trinajstić information content (AvgIpc) is 2.62. The number of aliphatic hydroxyl groups excluding tert-OH is 1. The summed E-state index contributed by atoms with van der Waals surface area (Å²) in [6.45, 7) is 4.40. The lowest BCUT2D eigenvalue weighted by Crippen LogP contribution is -1.90. The molecule has 0 unspecified atom stereocenters. The third-order valence-corrected chi connectivity index (χ3v) is 4.32. The summed E-state index contributed by atoms with van der Waals surface area (Å²) in [4.78, 5) is 0. The van der Waals surface area contributed by atoms with Crippen LogP contribution in [0.4, 0.5) is 0 Å². The number of aryl methyl sites for hydroxylation is 2. The van der Waals surface area contributed by atoms with Crippen LogP contribution in [-0.2, 0) is 13.0 Å². The van der Waals surface area contributed by atoms with E-state index in [-0.39, 0.29) is 6.61 Å². The molecule has 0 aromatic heterocycles. The van der Waals surface area contributed by atoms with Crippen LogP contribution in [0.3, 0.4) is 0 Å². The maximum atomic E-state index is 9.18. The van der Waals surface area contributed by atoms with Crippen molar-refractivity contribution in [2.24, 2.45) is 0 Å². The van der Waals surface area contributed by atoms with Crippen LogP contribution in [0.1, 0.15) is 23.6 Å². The van der Waals surface area contributed by atoms with Crippen molar-refractivity contribution in [3.05, 3.63) is 83.4 Å². The second-order valence-corrected chi connectivity index (χ2v) is 5.95. The van der Waals surface area contributed by atoms with Gasteiger partial charge in [-0.25, -0.2) is 0 Å². The van der Waals surface area contributed by atoms with Crippen molar-refractivity contribution in [2.45, 2.75) is 26.9 Å². The van der Waals surface area contributed by atoms with E-state index in [1.165, 1.54) is 33.4 Å². The summed E-state index contributed by atoms with van der Waals surface area (Å²) in [5.41, 5.74) is 8.57. The zero-order chi connectivity index (χ0) is 16.2. The number of aliphatic hydroxyl groups is 1. The summed E-state index contributed by atoms with van der Waals surface area (Å²) in [6, 6.07) is 23.5. The second kappa shape index (κ2) is 6.80. The molecule has 0 heterocycles. The van der Waals surface area contributed by atoms with Gasteiger partial charge in [-0.2, -0.15) is 0 Å². The maximum Gasteiger partial charge on any atom is 0.0681 e. The molecule has 0 amide bonds. The van der Waals surface area contributed by atoms with Gasteiger partial charge in [0.1, 0.15) is 0 Å². The van der Waals surface area contributed by atoms with Crippen LogP contribution in [-0.4, -0.2) is 5.11 Å². The lowest BCUT2D eigenvalue weighted by molar-refractivity contribution is 0.282. The molecular formula is C22H22O. The molecule has 0 saturated carbocycles. The van der Waals surface area contributed by atoms with Crippen LogP contribution in [0.15, 0.2) is 66.7 Å². The molecule has 0 aliphatic heterocycles. The molecule has 3 aromatic rings. The van der Waals surface area contributed by atoms with Gasteiger partial charge in [-0.15, -0.1) is 0 Å². The Balaban J connectivity index is 2.00. The molecule has 0 bridgehead atoms. The van der Waals surface area contributed by atoms with E-state index in [9.17, 15) is 5.11 Å². The van der Waals surface area contributed by atoms with Gasteiger partial charge in [-0.3, -0.25) is 0 Å². The molecule has 3 aromatic carbocycles. The van der Waals surface area contributed by atoms with E-state index in [0.29, 0.717) is 0 Å². The van der Waals surface area contributed by atoms with E-state index in [1.54, 1.807) is 0 Å². The Morgan fingerprint density at radius 2 is 1.35 bits per heavy atom. The van der Waals surface area contributed by atoms with Crippen LogP contribution in [0.2, 0.25) is 0 Å². The zero-order valence-electron chi connectivity index (χ0n) is 13.7. The lowest BCUT2D eigenvalue weighted by atomic mass is 9.93. The second-order valence-electron chi connectivity index (χ2n) is 5.95. The largest absolute Gasteiger partial charge is 0.392 e. The quantitative estimate of drug-likeness (QED) is 0.685. The Morgan fingerprint density at radius 1 is 0.739 bits per heavy atom. The average molecular weight is 302 g/mol. The van der Waals surface area contributed by atoms with Crippen LogP contribution >= 0.6 is 0 Å². The first kappa shape index (κ1) is 15.5. The van der Waals surface area contributed by atoms with Crippen molar-refractivity contribution in [1.82, 2.24) is 0 Å².